The number of carboxylic acid groups (broad SMARTS) is 1. The quantitative estimate of drug-likeness (QED) is 0.720. The highest BCUT2D eigenvalue weighted by atomic mass is 16.4. The summed E-state index contributed by atoms with van der Waals surface area (Å²) < 4.78 is 0. The van der Waals surface area contributed by atoms with Crippen LogP contribution in [0.3, 0.4) is 0 Å². The summed E-state index contributed by atoms with van der Waals surface area (Å²) >= 11 is 0. The van der Waals surface area contributed by atoms with E-state index >= 15 is 0 Å². The summed E-state index contributed by atoms with van der Waals surface area (Å²) in [4.78, 5) is 28.5. The molecule has 0 unspecified atom stereocenters. The molecule has 0 aromatic carbocycles. The number of nitrogens with zero attached hydrogens (tertiary/aromatic N) is 3. The molecule has 2 saturated heterocycles. The second-order valence-electron chi connectivity index (χ2n) is 5.03. The summed E-state index contributed by atoms with van der Waals surface area (Å²) in [6, 6.07) is 0. The fraction of sp³-hybridized carbons (Fsp3) is 0.833. The molecule has 2 rings (SSSR count). The van der Waals surface area contributed by atoms with Crippen LogP contribution in [0.5, 0.6) is 0 Å². The average molecular weight is 255 g/mol. The maximum atomic E-state index is 11.8. The van der Waals surface area contributed by atoms with Crippen LogP contribution in [0, 0.1) is 0 Å². The van der Waals surface area contributed by atoms with E-state index in [1.54, 1.807) is 0 Å². The second-order valence-corrected chi connectivity index (χ2v) is 5.03. The molecule has 0 atom stereocenters. The van der Waals surface area contributed by atoms with E-state index in [4.69, 9.17) is 5.11 Å². The lowest BCUT2D eigenvalue weighted by atomic mass is 10.2. The van der Waals surface area contributed by atoms with Gasteiger partial charge in [-0.05, 0) is 19.4 Å². The van der Waals surface area contributed by atoms with Crippen molar-refractivity contribution in [1.82, 2.24) is 14.7 Å². The Morgan fingerprint density at radius 2 is 1.39 bits per heavy atom. The van der Waals surface area contributed by atoms with Crippen molar-refractivity contribution >= 4 is 11.9 Å². The van der Waals surface area contributed by atoms with Gasteiger partial charge >= 0.3 is 5.97 Å². The number of carboxylic acids is 1. The molecule has 0 radical (unpaired) electrons. The molecule has 1 amide bonds. The van der Waals surface area contributed by atoms with Crippen LogP contribution in [0.15, 0.2) is 0 Å². The number of aliphatic carboxylic acids is 1. The number of amides is 1. The lowest BCUT2D eigenvalue weighted by Gasteiger charge is -2.33. The van der Waals surface area contributed by atoms with Gasteiger partial charge in [0.15, 0.2) is 0 Å². The first-order chi connectivity index (χ1) is 8.65. The standard InChI is InChI=1S/C12H21N3O3/c16-11(15-5-2-6-15)9-13-3-1-4-14(8-7-13)10-12(17)18/h1-10H2,(H,17,18). The topological polar surface area (TPSA) is 64.1 Å². The molecular weight excluding hydrogens is 234 g/mol. The maximum Gasteiger partial charge on any atom is 0.317 e. The Bertz CT molecular complexity index is 318. The first-order valence-corrected chi connectivity index (χ1v) is 6.59. The molecule has 6 nitrogen and oxygen atoms in total. The third-order valence-electron chi connectivity index (χ3n) is 3.61. The van der Waals surface area contributed by atoms with E-state index in [9.17, 15) is 9.59 Å². The average Bonchev–Trinajstić information content (AvgIpc) is 2.40. The zero-order valence-corrected chi connectivity index (χ0v) is 10.7. The Hall–Kier alpha value is -1.14. The van der Waals surface area contributed by atoms with Gasteiger partial charge in [0.05, 0.1) is 13.1 Å². The smallest absolute Gasteiger partial charge is 0.317 e. The van der Waals surface area contributed by atoms with Gasteiger partial charge in [-0.2, -0.15) is 0 Å². The monoisotopic (exact) mass is 255 g/mol. The van der Waals surface area contributed by atoms with Gasteiger partial charge in [0, 0.05) is 32.7 Å². The van der Waals surface area contributed by atoms with Crippen molar-refractivity contribution in [2.45, 2.75) is 12.8 Å². The first kappa shape index (κ1) is 13.3. The molecule has 0 spiro atoms. The molecule has 2 aliphatic rings. The van der Waals surface area contributed by atoms with Crippen LogP contribution < -0.4 is 0 Å². The molecule has 0 aromatic heterocycles. The summed E-state index contributed by atoms with van der Waals surface area (Å²) in [5.74, 6) is -0.562. The van der Waals surface area contributed by atoms with Crippen LogP contribution in [0.2, 0.25) is 0 Å². The van der Waals surface area contributed by atoms with Crippen molar-refractivity contribution in [3.05, 3.63) is 0 Å². The lowest BCUT2D eigenvalue weighted by molar-refractivity contribution is -0.138. The predicted molar refractivity (Wildman–Crippen MR) is 66.3 cm³/mol. The number of hydrogen-bond acceptors (Lipinski definition) is 4. The molecule has 0 saturated carbocycles. The Balaban J connectivity index is 1.74. The number of carbonyl (C=O) groups excluding carboxylic acids is 1. The van der Waals surface area contributed by atoms with Gasteiger partial charge in [0.1, 0.15) is 0 Å². The molecule has 2 aliphatic heterocycles. The zero-order chi connectivity index (χ0) is 13.0. The van der Waals surface area contributed by atoms with Gasteiger partial charge < -0.3 is 10.0 Å². The molecule has 2 heterocycles. The molecular formula is C12H21N3O3. The molecule has 0 aromatic rings. The van der Waals surface area contributed by atoms with Gasteiger partial charge in [0.2, 0.25) is 5.91 Å². The summed E-state index contributed by atoms with van der Waals surface area (Å²) in [5, 5.41) is 8.77. The normalized spacial score (nSPS) is 22.3. The first-order valence-electron chi connectivity index (χ1n) is 6.59. The SMILES string of the molecule is O=C(O)CN1CCCN(CC(=O)N2CCC2)CC1. The minimum Gasteiger partial charge on any atom is -0.480 e. The van der Waals surface area contributed by atoms with Crippen molar-refractivity contribution in [3.63, 3.8) is 0 Å². The Labute approximate surface area is 107 Å². The fourth-order valence-corrected chi connectivity index (χ4v) is 2.39. The van der Waals surface area contributed by atoms with Crippen molar-refractivity contribution in [2.75, 3.05) is 52.4 Å². The molecule has 1 N–H and O–H groups in total. The van der Waals surface area contributed by atoms with E-state index in [0.29, 0.717) is 6.54 Å². The van der Waals surface area contributed by atoms with Crippen molar-refractivity contribution in [3.8, 4) is 0 Å². The fourth-order valence-electron chi connectivity index (χ4n) is 2.39. The van der Waals surface area contributed by atoms with Crippen molar-refractivity contribution in [2.24, 2.45) is 0 Å². The van der Waals surface area contributed by atoms with Crippen LogP contribution in [0.25, 0.3) is 0 Å². The summed E-state index contributed by atoms with van der Waals surface area (Å²) in [6.07, 6.45) is 2.05. The van der Waals surface area contributed by atoms with Crippen molar-refractivity contribution in [1.29, 1.82) is 0 Å². The lowest BCUT2D eigenvalue weighted by Crippen LogP contribution is -2.47. The summed E-state index contributed by atoms with van der Waals surface area (Å²) in [6.45, 7) is 5.60. The molecule has 18 heavy (non-hydrogen) atoms. The van der Waals surface area contributed by atoms with E-state index in [0.717, 1.165) is 52.1 Å². The molecule has 102 valence electrons. The van der Waals surface area contributed by atoms with Crippen LogP contribution in [0.1, 0.15) is 12.8 Å². The zero-order valence-electron chi connectivity index (χ0n) is 10.7. The van der Waals surface area contributed by atoms with E-state index < -0.39 is 5.97 Å². The van der Waals surface area contributed by atoms with Crippen molar-refractivity contribution < 1.29 is 14.7 Å². The number of likely N-dealkylation sites (tertiary alicyclic amines) is 1. The summed E-state index contributed by atoms with van der Waals surface area (Å²) in [5.41, 5.74) is 0. The number of rotatable bonds is 4. The van der Waals surface area contributed by atoms with E-state index in [1.807, 2.05) is 9.80 Å². The van der Waals surface area contributed by atoms with Gasteiger partial charge in [-0.15, -0.1) is 0 Å². The Morgan fingerprint density at radius 1 is 0.833 bits per heavy atom. The molecule has 2 fully saturated rings. The van der Waals surface area contributed by atoms with E-state index in [2.05, 4.69) is 4.90 Å². The van der Waals surface area contributed by atoms with Crippen LogP contribution in [-0.2, 0) is 9.59 Å². The van der Waals surface area contributed by atoms with Gasteiger partial charge in [-0.3, -0.25) is 19.4 Å². The summed E-state index contributed by atoms with van der Waals surface area (Å²) in [7, 11) is 0. The largest absolute Gasteiger partial charge is 0.480 e. The Morgan fingerprint density at radius 3 is 1.89 bits per heavy atom. The Kier molecular flexibility index (Phi) is 4.54. The second kappa shape index (κ2) is 6.15. The highest BCUT2D eigenvalue weighted by Crippen LogP contribution is 2.08. The minimum atomic E-state index is -0.778. The third-order valence-corrected chi connectivity index (χ3v) is 3.61. The minimum absolute atomic E-state index is 0.105. The van der Waals surface area contributed by atoms with Crippen LogP contribution in [-0.4, -0.2) is 84.0 Å². The third kappa shape index (κ3) is 3.68. The van der Waals surface area contributed by atoms with Crippen LogP contribution in [0.4, 0.5) is 0 Å². The number of hydrogen-bond donors (Lipinski definition) is 1. The highest BCUT2D eigenvalue weighted by molar-refractivity contribution is 5.78. The van der Waals surface area contributed by atoms with E-state index in [-0.39, 0.29) is 12.5 Å². The molecule has 0 aliphatic carbocycles. The predicted octanol–water partition coefficient (Wildman–Crippen LogP) is -0.689. The van der Waals surface area contributed by atoms with Gasteiger partial charge in [-0.25, -0.2) is 0 Å². The highest BCUT2D eigenvalue weighted by Gasteiger charge is 2.23. The van der Waals surface area contributed by atoms with Crippen LogP contribution >= 0.6 is 0 Å². The number of carbonyl (C=O) groups is 2. The maximum absolute atomic E-state index is 11.8. The van der Waals surface area contributed by atoms with E-state index in [1.165, 1.54) is 0 Å². The molecule has 6 heteroatoms. The van der Waals surface area contributed by atoms with Gasteiger partial charge in [-0.1, -0.05) is 0 Å². The van der Waals surface area contributed by atoms with Gasteiger partial charge in [0.25, 0.3) is 0 Å². The molecule has 0 bridgehead atoms.